The fraction of sp³-hybridized carbons (Fsp3) is 1.00. The van der Waals surface area contributed by atoms with Gasteiger partial charge in [-0.05, 0) is 36.5 Å². The van der Waals surface area contributed by atoms with Crippen molar-refractivity contribution in [2.45, 2.75) is 39.2 Å². The molecule has 2 bridgehead atoms. The summed E-state index contributed by atoms with van der Waals surface area (Å²) in [5, 5.41) is 9.55. The molecule has 1 heteroatoms. The standard InChI is InChI=1S/C9H16O/c1-9(2)6-3-4-8(10)7(9)5-6/h6-8,10H,3-5H2,1-2H3/t6-,7+,8+/m1/s1. The van der Waals surface area contributed by atoms with Crippen molar-refractivity contribution in [2.24, 2.45) is 17.3 Å². The second-order valence-electron chi connectivity index (χ2n) is 4.51. The Morgan fingerprint density at radius 3 is 2.30 bits per heavy atom. The van der Waals surface area contributed by atoms with Crippen molar-refractivity contribution in [1.29, 1.82) is 0 Å². The minimum absolute atomic E-state index is 0.0139. The van der Waals surface area contributed by atoms with Crippen LogP contribution in [0.5, 0.6) is 0 Å². The van der Waals surface area contributed by atoms with E-state index in [1.165, 1.54) is 12.8 Å². The van der Waals surface area contributed by atoms with Crippen LogP contribution < -0.4 is 0 Å². The van der Waals surface area contributed by atoms with Crippen LogP contribution in [0.25, 0.3) is 0 Å². The molecule has 1 nitrogen and oxygen atoms in total. The normalized spacial score (nSPS) is 50.1. The Morgan fingerprint density at radius 2 is 2.00 bits per heavy atom. The van der Waals surface area contributed by atoms with Gasteiger partial charge in [0.25, 0.3) is 0 Å². The molecule has 0 unspecified atom stereocenters. The van der Waals surface area contributed by atoms with Gasteiger partial charge in [0.2, 0.25) is 0 Å². The van der Waals surface area contributed by atoms with E-state index < -0.39 is 0 Å². The third kappa shape index (κ3) is 0.619. The van der Waals surface area contributed by atoms with Crippen LogP contribution in [0, 0.1) is 17.3 Å². The maximum atomic E-state index is 9.55. The summed E-state index contributed by atoms with van der Waals surface area (Å²) >= 11 is 0. The van der Waals surface area contributed by atoms with Crippen LogP contribution >= 0.6 is 0 Å². The fourth-order valence-electron chi connectivity index (χ4n) is 2.77. The van der Waals surface area contributed by atoms with Gasteiger partial charge in [0.15, 0.2) is 0 Å². The average Bonchev–Trinajstić information content (AvgIpc) is 1.87. The minimum Gasteiger partial charge on any atom is -0.393 e. The Bertz CT molecular complexity index is 149. The number of rotatable bonds is 0. The van der Waals surface area contributed by atoms with Gasteiger partial charge in [0, 0.05) is 0 Å². The summed E-state index contributed by atoms with van der Waals surface area (Å²) in [5.41, 5.74) is 0.456. The molecule has 3 fully saturated rings. The van der Waals surface area contributed by atoms with E-state index in [1.807, 2.05) is 0 Å². The van der Waals surface area contributed by atoms with E-state index in [4.69, 9.17) is 0 Å². The van der Waals surface area contributed by atoms with Crippen LogP contribution in [-0.2, 0) is 0 Å². The Kier molecular flexibility index (Phi) is 1.17. The fourth-order valence-corrected chi connectivity index (χ4v) is 2.77. The predicted molar refractivity (Wildman–Crippen MR) is 40.6 cm³/mol. The summed E-state index contributed by atoms with van der Waals surface area (Å²) in [6.45, 7) is 4.60. The largest absolute Gasteiger partial charge is 0.393 e. The van der Waals surface area contributed by atoms with Crippen molar-refractivity contribution in [2.75, 3.05) is 0 Å². The Balaban J connectivity index is 2.16. The zero-order chi connectivity index (χ0) is 7.35. The number of hydrogen-bond acceptors (Lipinski definition) is 1. The molecule has 0 amide bonds. The summed E-state index contributed by atoms with van der Waals surface area (Å²) in [4.78, 5) is 0. The summed E-state index contributed by atoms with van der Waals surface area (Å²) in [6, 6.07) is 0. The zero-order valence-corrected chi connectivity index (χ0v) is 6.80. The maximum absolute atomic E-state index is 9.55. The molecule has 0 radical (unpaired) electrons. The number of aliphatic hydroxyl groups is 1. The average molecular weight is 140 g/mol. The lowest BCUT2D eigenvalue weighted by molar-refractivity contribution is -0.139. The van der Waals surface area contributed by atoms with Crippen LogP contribution in [0.1, 0.15) is 33.1 Å². The van der Waals surface area contributed by atoms with E-state index in [2.05, 4.69) is 13.8 Å². The first-order chi connectivity index (χ1) is 4.62. The van der Waals surface area contributed by atoms with E-state index in [9.17, 15) is 5.11 Å². The molecule has 3 atom stereocenters. The summed E-state index contributed by atoms with van der Waals surface area (Å²) < 4.78 is 0. The van der Waals surface area contributed by atoms with E-state index in [-0.39, 0.29) is 6.10 Å². The minimum atomic E-state index is 0.0139. The van der Waals surface area contributed by atoms with Crippen LogP contribution in [0.3, 0.4) is 0 Å². The quantitative estimate of drug-likeness (QED) is 0.544. The van der Waals surface area contributed by atoms with Crippen LogP contribution in [0.15, 0.2) is 0 Å². The molecular weight excluding hydrogens is 124 g/mol. The van der Waals surface area contributed by atoms with Crippen LogP contribution in [0.4, 0.5) is 0 Å². The molecule has 0 aromatic carbocycles. The van der Waals surface area contributed by atoms with E-state index in [1.54, 1.807) is 0 Å². The van der Waals surface area contributed by atoms with Crippen LogP contribution in [-0.4, -0.2) is 11.2 Å². The van der Waals surface area contributed by atoms with Gasteiger partial charge in [-0.1, -0.05) is 13.8 Å². The molecule has 3 saturated carbocycles. The molecule has 3 aliphatic carbocycles. The SMILES string of the molecule is CC1(C)[C@@H]2CC[C@H](O)[C@@H]1C2. The smallest absolute Gasteiger partial charge is 0.0573 e. The molecule has 0 aliphatic heterocycles. The van der Waals surface area contributed by atoms with Gasteiger partial charge >= 0.3 is 0 Å². The highest BCUT2D eigenvalue weighted by molar-refractivity contribution is 5.03. The first-order valence-corrected chi connectivity index (χ1v) is 4.30. The predicted octanol–water partition coefficient (Wildman–Crippen LogP) is 1.80. The Morgan fingerprint density at radius 1 is 1.30 bits per heavy atom. The first-order valence-electron chi connectivity index (χ1n) is 4.30. The molecule has 0 aromatic rings. The van der Waals surface area contributed by atoms with Crippen molar-refractivity contribution >= 4 is 0 Å². The number of fused-ring (bicyclic) bond motifs is 2. The highest BCUT2D eigenvalue weighted by Gasteiger charge is 2.53. The molecule has 0 aromatic heterocycles. The Labute approximate surface area is 62.4 Å². The number of aliphatic hydroxyl groups excluding tert-OH is 1. The van der Waals surface area contributed by atoms with Gasteiger partial charge in [-0.25, -0.2) is 0 Å². The lowest BCUT2D eigenvalue weighted by Crippen LogP contribution is -2.54. The molecule has 0 saturated heterocycles. The third-order valence-electron chi connectivity index (χ3n) is 3.82. The molecule has 3 rings (SSSR count). The van der Waals surface area contributed by atoms with E-state index >= 15 is 0 Å². The highest BCUT2D eigenvalue weighted by atomic mass is 16.3. The van der Waals surface area contributed by atoms with Crippen LogP contribution in [0.2, 0.25) is 0 Å². The van der Waals surface area contributed by atoms with Crippen molar-refractivity contribution < 1.29 is 5.11 Å². The van der Waals surface area contributed by atoms with Gasteiger partial charge in [0.05, 0.1) is 6.10 Å². The summed E-state index contributed by atoms with van der Waals surface area (Å²) in [6.07, 6.45) is 3.61. The molecule has 3 aliphatic rings. The lowest BCUT2D eigenvalue weighted by Gasteiger charge is -2.58. The molecular formula is C9H16O. The van der Waals surface area contributed by atoms with Gasteiger partial charge < -0.3 is 5.11 Å². The Hall–Kier alpha value is -0.0400. The summed E-state index contributed by atoms with van der Waals surface area (Å²) in [5.74, 6) is 1.53. The van der Waals surface area contributed by atoms with Gasteiger partial charge in [0.1, 0.15) is 0 Å². The molecule has 1 N–H and O–H groups in total. The molecule has 10 heavy (non-hydrogen) atoms. The summed E-state index contributed by atoms with van der Waals surface area (Å²) in [7, 11) is 0. The maximum Gasteiger partial charge on any atom is 0.0573 e. The second-order valence-corrected chi connectivity index (χ2v) is 4.51. The van der Waals surface area contributed by atoms with E-state index in [0.717, 1.165) is 12.3 Å². The third-order valence-corrected chi connectivity index (χ3v) is 3.82. The molecule has 0 heterocycles. The first kappa shape index (κ1) is 6.66. The van der Waals surface area contributed by atoms with Gasteiger partial charge in [-0.3, -0.25) is 0 Å². The topological polar surface area (TPSA) is 20.2 Å². The monoisotopic (exact) mass is 140 g/mol. The second kappa shape index (κ2) is 1.76. The molecule has 58 valence electrons. The van der Waals surface area contributed by atoms with Crippen molar-refractivity contribution in [3.8, 4) is 0 Å². The van der Waals surface area contributed by atoms with Crippen molar-refractivity contribution in [1.82, 2.24) is 0 Å². The van der Waals surface area contributed by atoms with Crippen molar-refractivity contribution in [3.63, 3.8) is 0 Å². The molecule has 0 spiro atoms. The van der Waals surface area contributed by atoms with Crippen molar-refractivity contribution in [3.05, 3.63) is 0 Å². The zero-order valence-electron chi connectivity index (χ0n) is 6.80. The highest BCUT2D eigenvalue weighted by Crippen LogP contribution is 2.58. The lowest BCUT2D eigenvalue weighted by atomic mass is 9.48. The van der Waals surface area contributed by atoms with Gasteiger partial charge in [-0.15, -0.1) is 0 Å². The van der Waals surface area contributed by atoms with E-state index in [0.29, 0.717) is 11.3 Å². The van der Waals surface area contributed by atoms with Gasteiger partial charge in [-0.2, -0.15) is 0 Å². The number of hydrogen-bond donors (Lipinski definition) is 1.